The lowest BCUT2D eigenvalue weighted by Crippen LogP contribution is -2.24. The van der Waals surface area contributed by atoms with Crippen LogP contribution >= 0.6 is 11.3 Å². The first-order valence-corrected chi connectivity index (χ1v) is 9.09. The molecule has 6 heteroatoms. The van der Waals surface area contributed by atoms with Crippen LogP contribution in [-0.2, 0) is 23.1 Å². The second-order valence-corrected chi connectivity index (χ2v) is 7.63. The summed E-state index contributed by atoms with van der Waals surface area (Å²) < 4.78 is 27.6. The monoisotopic (exact) mass is 324 g/mol. The zero-order valence-electron chi connectivity index (χ0n) is 12.4. The third kappa shape index (κ3) is 3.52. The van der Waals surface area contributed by atoms with Crippen LogP contribution in [-0.4, -0.2) is 8.42 Å². The van der Waals surface area contributed by atoms with Gasteiger partial charge in [-0.25, -0.2) is 13.1 Å². The highest BCUT2D eigenvalue weighted by molar-refractivity contribution is 7.89. The van der Waals surface area contributed by atoms with E-state index in [2.05, 4.69) is 4.72 Å². The van der Waals surface area contributed by atoms with Crippen molar-refractivity contribution in [3.63, 3.8) is 0 Å². The summed E-state index contributed by atoms with van der Waals surface area (Å²) in [6.07, 6.45) is 0. The van der Waals surface area contributed by atoms with Crippen LogP contribution in [0.5, 0.6) is 0 Å². The number of sulfonamides is 1. The number of hydrogen-bond acceptors (Lipinski definition) is 4. The number of nitrogens with one attached hydrogen (secondary N) is 1. The van der Waals surface area contributed by atoms with Crippen molar-refractivity contribution in [2.45, 2.75) is 38.8 Å². The van der Waals surface area contributed by atoms with Crippen molar-refractivity contribution >= 4 is 21.4 Å². The van der Waals surface area contributed by atoms with E-state index >= 15 is 0 Å². The highest BCUT2D eigenvalue weighted by atomic mass is 32.2. The fourth-order valence-corrected chi connectivity index (χ4v) is 4.34. The van der Waals surface area contributed by atoms with Gasteiger partial charge in [-0.2, -0.15) is 11.3 Å². The van der Waals surface area contributed by atoms with Gasteiger partial charge in [-0.05, 0) is 65.4 Å². The van der Waals surface area contributed by atoms with Crippen molar-refractivity contribution < 1.29 is 8.42 Å². The van der Waals surface area contributed by atoms with Gasteiger partial charge in [0.2, 0.25) is 10.0 Å². The molecule has 1 aromatic carbocycles. The molecule has 1 heterocycles. The smallest absolute Gasteiger partial charge is 0.241 e. The summed E-state index contributed by atoms with van der Waals surface area (Å²) in [5.41, 5.74) is 10.4. The summed E-state index contributed by atoms with van der Waals surface area (Å²) in [6, 6.07) is 3.54. The van der Waals surface area contributed by atoms with Gasteiger partial charge in [0.05, 0.1) is 4.90 Å². The second-order valence-electron chi connectivity index (χ2n) is 5.15. The molecule has 0 aliphatic carbocycles. The molecule has 0 saturated heterocycles. The Kier molecular flexibility index (Phi) is 4.83. The zero-order chi connectivity index (χ0) is 15.6. The van der Waals surface area contributed by atoms with Gasteiger partial charge in [-0.3, -0.25) is 0 Å². The van der Waals surface area contributed by atoms with Gasteiger partial charge >= 0.3 is 0 Å². The molecule has 3 N–H and O–H groups in total. The molecular formula is C15H20N2O2S2. The number of benzene rings is 1. The third-order valence-corrected chi connectivity index (χ3v) is 6.01. The van der Waals surface area contributed by atoms with Crippen LogP contribution in [0, 0.1) is 20.8 Å². The van der Waals surface area contributed by atoms with E-state index in [0.717, 1.165) is 27.8 Å². The van der Waals surface area contributed by atoms with Gasteiger partial charge in [0.1, 0.15) is 0 Å². The molecular weight excluding hydrogens is 304 g/mol. The third-order valence-electron chi connectivity index (χ3n) is 3.56. The fourth-order valence-electron chi connectivity index (χ4n) is 2.20. The average Bonchev–Trinajstić information content (AvgIpc) is 2.82. The quantitative estimate of drug-likeness (QED) is 0.888. The molecule has 0 aliphatic heterocycles. The molecule has 0 unspecified atom stereocenters. The van der Waals surface area contributed by atoms with Gasteiger partial charge in [0, 0.05) is 13.1 Å². The van der Waals surface area contributed by atoms with E-state index in [-0.39, 0.29) is 0 Å². The standard InChI is InChI=1S/C15H20N2O2S2/c1-10-4-11(2)15(5-13(10)6-16)21(18,19)17-7-14-9-20-8-12(14)3/h4-5,8-9,17H,6-7,16H2,1-3H3. The molecule has 0 saturated carbocycles. The topological polar surface area (TPSA) is 72.2 Å². The summed E-state index contributed by atoms with van der Waals surface area (Å²) in [7, 11) is -3.53. The first kappa shape index (κ1) is 16.2. The first-order chi connectivity index (χ1) is 9.85. The molecule has 1 aromatic heterocycles. The van der Waals surface area contributed by atoms with E-state index in [4.69, 9.17) is 5.73 Å². The van der Waals surface area contributed by atoms with E-state index in [1.165, 1.54) is 0 Å². The van der Waals surface area contributed by atoms with E-state index in [0.29, 0.717) is 18.0 Å². The Balaban J connectivity index is 2.29. The number of nitrogens with two attached hydrogens (primary N) is 1. The Morgan fingerprint density at radius 2 is 1.76 bits per heavy atom. The molecule has 0 radical (unpaired) electrons. The van der Waals surface area contributed by atoms with Crippen LogP contribution < -0.4 is 10.5 Å². The van der Waals surface area contributed by atoms with Crippen LogP contribution in [0.1, 0.15) is 27.8 Å². The maximum atomic E-state index is 12.5. The summed E-state index contributed by atoms with van der Waals surface area (Å²) in [5.74, 6) is 0. The van der Waals surface area contributed by atoms with E-state index in [9.17, 15) is 8.42 Å². The van der Waals surface area contributed by atoms with Gasteiger partial charge < -0.3 is 5.73 Å². The minimum Gasteiger partial charge on any atom is -0.326 e. The van der Waals surface area contributed by atoms with Crippen molar-refractivity contribution in [2.24, 2.45) is 5.73 Å². The molecule has 0 bridgehead atoms. The Bertz CT molecular complexity index is 749. The largest absolute Gasteiger partial charge is 0.326 e. The molecule has 0 fully saturated rings. The lowest BCUT2D eigenvalue weighted by atomic mass is 10.1. The molecule has 0 aliphatic rings. The van der Waals surface area contributed by atoms with Gasteiger partial charge in [0.15, 0.2) is 0 Å². The zero-order valence-corrected chi connectivity index (χ0v) is 14.1. The fraction of sp³-hybridized carbons (Fsp3) is 0.333. The summed E-state index contributed by atoms with van der Waals surface area (Å²) >= 11 is 1.57. The lowest BCUT2D eigenvalue weighted by Gasteiger charge is -2.13. The number of aryl methyl sites for hydroxylation is 3. The summed E-state index contributed by atoms with van der Waals surface area (Å²) in [6.45, 7) is 6.36. The first-order valence-electron chi connectivity index (χ1n) is 6.66. The minimum absolute atomic E-state index is 0.307. The van der Waals surface area contributed by atoms with E-state index in [1.807, 2.05) is 30.7 Å². The molecule has 114 valence electrons. The molecule has 2 aromatic rings. The van der Waals surface area contributed by atoms with Crippen molar-refractivity contribution in [3.8, 4) is 0 Å². The molecule has 2 rings (SSSR count). The van der Waals surface area contributed by atoms with Gasteiger partial charge in [-0.15, -0.1) is 0 Å². The highest BCUT2D eigenvalue weighted by Crippen LogP contribution is 2.21. The van der Waals surface area contributed by atoms with Crippen LogP contribution in [0.15, 0.2) is 27.8 Å². The van der Waals surface area contributed by atoms with Crippen LogP contribution in [0.3, 0.4) is 0 Å². The van der Waals surface area contributed by atoms with E-state index in [1.54, 1.807) is 24.3 Å². The Morgan fingerprint density at radius 1 is 1.05 bits per heavy atom. The van der Waals surface area contributed by atoms with Crippen molar-refractivity contribution in [1.29, 1.82) is 0 Å². The van der Waals surface area contributed by atoms with Gasteiger partial charge in [0.25, 0.3) is 0 Å². The minimum atomic E-state index is -3.53. The molecule has 0 amide bonds. The highest BCUT2D eigenvalue weighted by Gasteiger charge is 2.18. The SMILES string of the molecule is Cc1cc(C)c(S(=O)(=O)NCc2cscc2C)cc1CN. The lowest BCUT2D eigenvalue weighted by molar-refractivity contribution is 0.580. The van der Waals surface area contributed by atoms with Crippen LogP contribution in [0.2, 0.25) is 0 Å². The summed E-state index contributed by atoms with van der Waals surface area (Å²) in [4.78, 5) is 0.307. The van der Waals surface area contributed by atoms with Crippen molar-refractivity contribution in [3.05, 3.63) is 50.7 Å². The normalized spacial score (nSPS) is 11.8. The Morgan fingerprint density at radius 3 is 2.33 bits per heavy atom. The molecule has 0 atom stereocenters. The number of rotatable bonds is 5. The number of hydrogen-bond donors (Lipinski definition) is 2. The van der Waals surface area contributed by atoms with Gasteiger partial charge in [-0.1, -0.05) is 6.07 Å². The van der Waals surface area contributed by atoms with E-state index < -0.39 is 10.0 Å². The number of thiophene rings is 1. The van der Waals surface area contributed by atoms with Crippen molar-refractivity contribution in [2.75, 3.05) is 0 Å². The molecule has 21 heavy (non-hydrogen) atoms. The van der Waals surface area contributed by atoms with Crippen LogP contribution in [0.25, 0.3) is 0 Å². The molecule has 0 spiro atoms. The summed E-state index contributed by atoms with van der Waals surface area (Å²) in [5, 5.41) is 3.97. The second kappa shape index (κ2) is 6.27. The predicted octanol–water partition coefficient (Wildman–Crippen LogP) is 2.61. The Labute approximate surface area is 130 Å². The Hall–Kier alpha value is -1.21. The maximum Gasteiger partial charge on any atom is 0.241 e. The predicted molar refractivity (Wildman–Crippen MR) is 86.9 cm³/mol. The van der Waals surface area contributed by atoms with Crippen LogP contribution in [0.4, 0.5) is 0 Å². The average molecular weight is 324 g/mol. The molecule has 4 nitrogen and oxygen atoms in total. The van der Waals surface area contributed by atoms with Crippen molar-refractivity contribution in [1.82, 2.24) is 4.72 Å². The maximum absolute atomic E-state index is 12.5.